The van der Waals surface area contributed by atoms with E-state index in [0.29, 0.717) is 30.3 Å². The molecule has 1 aliphatic heterocycles. The Bertz CT molecular complexity index is 748. The summed E-state index contributed by atoms with van der Waals surface area (Å²) in [4.78, 5) is 15.0. The van der Waals surface area contributed by atoms with Gasteiger partial charge in [0.1, 0.15) is 11.5 Å². The van der Waals surface area contributed by atoms with Crippen LogP contribution in [0, 0.1) is 15.9 Å². The van der Waals surface area contributed by atoms with Gasteiger partial charge < -0.3 is 4.90 Å². The number of nitrogens with zero attached hydrogens (tertiary/aromatic N) is 3. The molecule has 0 aliphatic carbocycles. The number of hydrogen-bond donors (Lipinski definition) is 0. The highest BCUT2D eigenvalue weighted by molar-refractivity contribution is 6.30. The highest BCUT2D eigenvalue weighted by Gasteiger charge is 2.24. The van der Waals surface area contributed by atoms with Crippen LogP contribution in [0.2, 0.25) is 5.02 Å². The van der Waals surface area contributed by atoms with Crippen LogP contribution < -0.4 is 4.90 Å². The Balaban J connectivity index is 1.66. The molecule has 2 aromatic carbocycles. The minimum Gasteiger partial charge on any atom is -0.363 e. The van der Waals surface area contributed by atoms with E-state index in [9.17, 15) is 14.5 Å². The summed E-state index contributed by atoms with van der Waals surface area (Å²) in [6, 6.07) is 11.3. The van der Waals surface area contributed by atoms with Crippen LogP contribution in [0.4, 0.5) is 15.8 Å². The van der Waals surface area contributed by atoms with Crippen LogP contribution in [0.5, 0.6) is 0 Å². The Morgan fingerprint density at radius 3 is 2.54 bits per heavy atom. The van der Waals surface area contributed by atoms with Crippen molar-refractivity contribution in [3.63, 3.8) is 0 Å². The van der Waals surface area contributed by atoms with Gasteiger partial charge in [0, 0.05) is 43.8 Å². The molecular weight excluding hydrogens is 333 g/mol. The van der Waals surface area contributed by atoms with E-state index in [0.717, 1.165) is 18.7 Å². The highest BCUT2D eigenvalue weighted by atomic mass is 35.5. The van der Waals surface area contributed by atoms with Crippen LogP contribution in [0.15, 0.2) is 42.5 Å². The molecule has 0 bridgehead atoms. The first-order valence-corrected chi connectivity index (χ1v) is 8.06. The molecule has 126 valence electrons. The number of rotatable bonds is 4. The van der Waals surface area contributed by atoms with Gasteiger partial charge in [-0.25, -0.2) is 4.39 Å². The van der Waals surface area contributed by atoms with Crippen molar-refractivity contribution in [2.45, 2.75) is 6.54 Å². The third-order valence-electron chi connectivity index (χ3n) is 4.14. The van der Waals surface area contributed by atoms with Gasteiger partial charge in [-0.1, -0.05) is 23.7 Å². The fourth-order valence-electron chi connectivity index (χ4n) is 2.95. The normalized spacial score (nSPS) is 15.5. The third-order valence-corrected chi connectivity index (χ3v) is 4.38. The smallest absolute Gasteiger partial charge is 0.294 e. The molecule has 0 saturated carbocycles. The maximum atomic E-state index is 13.3. The summed E-state index contributed by atoms with van der Waals surface area (Å²) in [6.07, 6.45) is 0. The van der Waals surface area contributed by atoms with E-state index in [1.807, 2.05) is 11.0 Å². The minimum absolute atomic E-state index is 0.0288. The second kappa shape index (κ2) is 7.15. The number of halogens is 2. The van der Waals surface area contributed by atoms with Crippen molar-refractivity contribution in [1.82, 2.24) is 4.90 Å². The van der Waals surface area contributed by atoms with Crippen molar-refractivity contribution in [3.8, 4) is 0 Å². The molecule has 1 saturated heterocycles. The maximum absolute atomic E-state index is 13.3. The molecule has 0 unspecified atom stereocenters. The van der Waals surface area contributed by atoms with E-state index in [4.69, 9.17) is 11.6 Å². The Kier molecular flexibility index (Phi) is 4.97. The molecule has 7 heteroatoms. The average molecular weight is 350 g/mol. The SMILES string of the molecule is O=[N+]([O-])c1cc(Cl)ccc1N1CCN(Cc2cccc(F)c2)CC1. The molecule has 0 atom stereocenters. The Hall–Kier alpha value is -2.18. The van der Waals surface area contributed by atoms with E-state index < -0.39 is 4.92 Å². The molecule has 1 fully saturated rings. The summed E-state index contributed by atoms with van der Waals surface area (Å²) in [5, 5.41) is 11.6. The quantitative estimate of drug-likeness (QED) is 0.623. The Labute approximate surface area is 144 Å². The van der Waals surface area contributed by atoms with Crippen LogP contribution in [0.1, 0.15) is 5.56 Å². The van der Waals surface area contributed by atoms with Crippen LogP contribution in [-0.4, -0.2) is 36.0 Å². The predicted molar refractivity (Wildman–Crippen MR) is 92.0 cm³/mol. The number of nitro benzene ring substituents is 1. The predicted octanol–water partition coefficient (Wildman–Crippen LogP) is 3.71. The molecule has 0 aromatic heterocycles. The summed E-state index contributed by atoms with van der Waals surface area (Å²) in [6.45, 7) is 3.55. The zero-order valence-corrected chi connectivity index (χ0v) is 13.7. The summed E-state index contributed by atoms with van der Waals surface area (Å²) in [5.41, 5.74) is 1.55. The van der Waals surface area contributed by atoms with E-state index in [-0.39, 0.29) is 11.5 Å². The molecule has 0 spiro atoms. The number of hydrogen-bond acceptors (Lipinski definition) is 4. The van der Waals surface area contributed by atoms with Gasteiger partial charge >= 0.3 is 0 Å². The maximum Gasteiger partial charge on any atom is 0.294 e. The molecule has 1 heterocycles. The molecule has 2 aromatic rings. The lowest BCUT2D eigenvalue weighted by molar-refractivity contribution is -0.384. The number of benzene rings is 2. The van der Waals surface area contributed by atoms with Gasteiger partial charge in [0.2, 0.25) is 0 Å². The van der Waals surface area contributed by atoms with Gasteiger partial charge in [-0.2, -0.15) is 0 Å². The molecule has 5 nitrogen and oxygen atoms in total. The highest BCUT2D eigenvalue weighted by Crippen LogP contribution is 2.31. The molecule has 0 N–H and O–H groups in total. The van der Waals surface area contributed by atoms with E-state index in [1.165, 1.54) is 18.2 Å². The van der Waals surface area contributed by atoms with Crippen molar-refractivity contribution in [2.75, 3.05) is 31.1 Å². The average Bonchev–Trinajstić information content (AvgIpc) is 2.56. The Morgan fingerprint density at radius 1 is 1.12 bits per heavy atom. The summed E-state index contributed by atoms with van der Waals surface area (Å²) < 4.78 is 13.3. The van der Waals surface area contributed by atoms with Crippen molar-refractivity contribution < 1.29 is 9.31 Å². The standard InChI is InChI=1S/C17H17ClFN3O2/c18-14-4-5-16(17(11-14)22(23)24)21-8-6-20(7-9-21)12-13-2-1-3-15(19)10-13/h1-5,10-11H,6-9,12H2. The van der Waals surface area contributed by atoms with E-state index >= 15 is 0 Å². The van der Waals surface area contributed by atoms with Crippen LogP contribution in [0.25, 0.3) is 0 Å². The third kappa shape index (κ3) is 3.83. The molecule has 1 aliphatic rings. The second-order valence-electron chi connectivity index (χ2n) is 5.78. The van der Waals surface area contributed by atoms with Crippen LogP contribution in [0.3, 0.4) is 0 Å². The van der Waals surface area contributed by atoms with E-state index in [2.05, 4.69) is 4.90 Å². The van der Waals surface area contributed by atoms with Gasteiger partial charge in [-0.05, 0) is 29.8 Å². The van der Waals surface area contributed by atoms with Crippen LogP contribution in [-0.2, 0) is 6.54 Å². The lowest BCUT2D eigenvalue weighted by atomic mass is 10.1. The molecule has 3 rings (SSSR count). The van der Waals surface area contributed by atoms with Crippen LogP contribution >= 0.6 is 11.6 Å². The monoisotopic (exact) mass is 349 g/mol. The summed E-state index contributed by atoms with van der Waals surface area (Å²) in [7, 11) is 0. The molecule has 24 heavy (non-hydrogen) atoms. The van der Waals surface area contributed by atoms with E-state index in [1.54, 1.807) is 18.2 Å². The lowest BCUT2D eigenvalue weighted by Crippen LogP contribution is -2.46. The first-order valence-electron chi connectivity index (χ1n) is 7.68. The summed E-state index contributed by atoms with van der Waals surface area (Å²) >= 11 is 5.86. The van der Waals surface area contributed by atoms with Crippen molar-refractivity contribution in [2.24, 2.45) is 0 Å². The van der Waals surface area contributed by atoms with Gasteiger partial charge in [-0.3, -0.25) is 15.0 Å². The molecule has 0 amide bonds. The van der Waals surface area contributed by atoms with Gasteiger partial charge in [0.05, 0.1) is 4.92 Å². The zero-order chi connectivity index (χ0) is 17.1. The van der Waals surface area contributed by atoms with Crippen molar-refractivity contribution in [3.05, 3.63) is 69.0 Å². The fourth-order valence-corrected chi connectivity index (χ4v) is 3.12. The number of piperazine rings is 1. The lowest BCUT2D eigenvalue weighted by Gasteiger charge is -2.35. The summed E-state index contributed by atoms with van der Waals surface area (Å²) in [5.74, 6) is -0.233. The fraction of sp³-hybridized carbons (Fsp3) is 0.294. The molecule has 0 radical (unpaired) electrons. The number of nitro groups is 1. The first-order chi connectivity index (χ1) is 11.5. The second-order valence-corrected chi connectivity index (χ2v) is 6.22. The first kappa shape index (κ1) is 16.7. The number of anilines is 1. The largest absolute Gasteiger partial charge is 0.363 e. The topological polar surface area (TPSA) is 49.6 Å². The van der Waals surface area contributed by atoms with Gasteiger partial charge in [0.15, 0.2) is 0 Å². The van der Waals surface area contributed by atoms with Gasteiger partial charge in [-0.15, -0.1) is 0 Å². The van der Waals surface area contributed by atoms with Crippen molar-refractivity contribution in [1.29, 1.82) is 0 Å². The molecular formula is C17H17ClFN3O2. The zero-order valence-electron chi connectivity index (χ0n) is 13.0. The van der Waals surface area contributed by atoms with Gasteiger partial charge in [0.25, 0.3) is 5.69 Å². The minimum atomic E-state index is -0.402. The Morgan fingerprint density at radius 2 is 1.88 bits per heavy atom. The van der Waals surface area contributed by atoms with Crippen molar-refractivity contribution >= 4 is 23.0 Å².